The monoisotopic (exact) mass is 348 g/mol. The summed E-state index contributed by atoms with van der Waals surface area (Å²) in [4.78, 5) is 0. The van der Waals surface area contributed by atoms with Crippen molar-refractivity contribution in [3.63, 3.8) is 0 Å². The summed E-state index contributed by atoms with van der Waals surface area (Å²) < 4.78 is 83.4. The van der Waals surface area contributed by atoms with Gasteiger partial charge in [-0.05, 0) is 5.56 Å². The summed E-state index contributed by atoms with van der Waals surface area (Å²) in [7, 11) is 0. The first-order chi connectivity index (χ1) is 11.3. The molecular weight excluding hydrogens is 338 g/mol. The maximum atomic E-state index is 13.1. The zero-order chi connectivity index (χ0) is 17.7. The van der Waals surface area contributed by atoms with Crippen LogP contribution in [0.25, 0.3) is 0 Å². The molecule has 2 nitrogen and oxygen atoms in total. The van der Waals surface area contributed by atoms with Crippen molar-refractivity contribution in [2.24, 2.45) is 0 Å². The van der Waals surface area contributed by atoms with E-state index in [1.54, 1.807) is 30.3 Å². The van der Waals surface area contributed by atoms with E-state index in [0.29, 0.717) is 0 Å². The summed E-state index contributed by atoms with van der Waals surface area (Å²) in [6.45, 7) is 0. The van der Waals surface area contributed by atoms with E-state index in [1.807, 2.05) is 0 Å². The Morgan fingerprint density at radius 2 is 1.21 bits per heavy atom. The highest BCUT2D eigenvalue weighted by atomic mass is 19.3. The van der Waals surface area contributed by atoms with Crippen LogP contribution < -0.4 is 0 Å². The summed E-state index contributed by atoms with van der Waals surface area (Å²) in [5, 5.41) is 0. The third kappa shape index (κ3) is 4.21. The van der Waals surface area contributed by atoms with Gasteiger partial charge in [0.05, 0.1) is 0 Å². The average molecular weight is 348 g/mol. The van der Waals surface area contributed by atoms with Gasteiger partial charge in [-0.15, -0.1) is 0 Å². The Balaban J connectivity index is 2.31. The minimum Gasteiger partial charge on any atom is -0.416 e. The first kappa shape index (κ1) is 17.7. The van der Waals surface area contributed by atoms with Gasteiger partial charge in [0.15, 0.2) is 0 Å². The van der Waals surface area contributed by atoms with Crippen molar-refractivity contribution in [2.75, 3.05) is 0 Å². The molecular formula is C16H10F6O2. The lowest BCUT2D eigenvalue weighted by molar-refractivity contribution is -0.156. The van der Waals surface area contributed by atoms with Crippen LogP contribution in [-0.4, -0.2) is 5.79 Å². The minimum absolute atomic E-state index is 0.379. The smallest absolute Gasteiger partial charge is 0.343 e. The van der Waals surface area contributed by atoms with Crippen LogP contribution in [0.1, 0.15) is 11.5 Å². The fraction of sp³-hybridized carbons (Fsp3) is 0.125. The van der Waals surface area contributed by atoms with Gasteiger partial charge in [-0.2, -0.15) is 26.3 Å². The molecule has 0 N–H and O–H groups in total. The first-order valence-electron chi connectivity index (χ1n) is 6.56. The predicted octanol–water partition coefficient (Wildman–Crippen LogP) is 5.70. The normalized spacial score (nSPS) is 15.8. The van der Waals surface area contributed by atoms with Crippen LogP contribution >= 0.6 is 0 Å². The number of hydrogen-bond donors (Lipinski definition) is 0. The van der Waals surface area contributed by atoms with Gasteiger partial charge in [0, 0.05) is 18.1 Å². The lowest BCUT2D eigenvalue weighted by Crippen LogP contribution is -2.32. The molecule has 0 saturated carbocycles. The third-order valence-corrected chi connectivity index (χ3v) is 3.05. The average Bonchev–Trinajstić information content (AvgIpc) is 2.56. The molecule has 128 valence electrons. The van der Waals surface area contributed by atoms with Gasteiger partial charge >= 0.3 is 24.2 Å². The maximum Gasteiger partial charge on any atom is 0.343 e. The van der Waals surface area contributed by atoms with Crippen LogP contribution in [0.15, 0.2) is 78.8 Å². The molecule has 0 aliphatic heterocycles. The largest absolute Gasteiger partial charge is 0.416 e. The van der Waals surface area contributed by atoms with E-state index < -0.39 is 30.0 Å². The van der Waals surface area contributed by atoms with E-state index in [1.165, 1.54) is 12.2 Å². The highest BCUT2D eigenvalue weighted by Gasteiger charge is 2.36. The Labute approximate surface area is 133 Å². The Hall–Kier alpha value is -2.64. The van der Waals surface area contributed by atoms with E-state index in [9.17, 15) is 26.3 Å². The topological polar surface area (TPSA) is 18.5 Å². The zero-order valence-corrected chi connectivity index (χ0v) is 11.9. The molecule has 1 aliphatic rings. The van der Waals surface area contributed by atoms with Crippen molar-refractivity contribution in [3.8, 4) is 0 Å². The van der Waals surface area contributed by atoms with Crippen LogP contribution in [0.5, 0.6) is 0 Å². The molecule has 1 aromatic carbocycles. The fourth-order valence-electron chi connectivity index (χ4n) is 2.01. The molecule has 0 fully saturated rings. The number of allylic oxidation sites excluding steroid dienone is 2. The molecule has 24 heavy (non-hydrogen) atoms. The predicted molar refractivity (Wildman–Crippen MR) is 73.1 cm³/mol. The van der Waals surface area contributed by atoms with Crippen LogP contribution in [-0.2, 0) is 9.47 Å². The molecule has 0 unspecified atom stereocenters. The van der Waals surface area contributed by atoms with Crippen molar-refractivity contribution < 1.29 is 35.8 Å². The highest BCUT2D eigenvalue weighted by molar-refractivity contribution is 5.34. The maximum absolute atomic E-state index is 13.1. The Morgan fingerprint density at radius 1 is 0.750 bits per heavy atom. The molecule has 0 spiro atoms. The van der Waals surface area contributed by atoms with Crippen LogP contribution in [0.3, 0.4) is 0 Å². The molecule has 0 atom stereocenters. The van der Waals surface area contributed by atoms with Gasteiger partial charge in [0.25, 0.3) is 5.79 Å². The third-order valence-electron chi connectivity index (χ3n) is 3.05. The lowest BCUT2D eigenvalue weighted by Gasteiger charge is -2.29. The number of benzene rings is 1. The van der Waals surface area contributed by atoms with E-state index in [0.717, 1.165) is 17.7 Å². The molecule has 0 saturated heterocycles. The van der Waals surface area contributed by atoms with Gasteiger partial charge in [-0.25, -0.2) is 0 Å². The second kappa shape index (κ2) is 7.29. The minimum atomic E-state index is -2.84. The van der Waals surface area contributed by atoms with E-state index in [2.05, 4.69) is 9.47 Å². The Bertz CT molecular complexity index is 659. The van der Waals surface area contributed by atoms with Gasteiger partial charge in [0.1, 0.15) is 0 Å². The zero-order valence-electron chi connectivity index (χ0n) is 11.9. The molecule has 1 aromatic rings. The van der Waals surface area contributed by atoms with E-state index in [4.69, 9.17) is 0 Å². The second-order valence-corrected chi connectivity index (χ2v) is 4.65. The molecule has 0 heterocycles. The van der Waals surface area contributed by atoms with E-state index in [-0.39, 0.29) is 5.92 Å². The fourth-order valence-corrected chi connectivity index (χ4v) is 2.01. The molecule has 8 heteroatoms. The molecule has 1 aliphatic carbocycles. The van der Waals surface area contributed by atoms with Gasteiger partial charge < -0.3 is 9.47 Å². The van der Waals surface area contributed by atoms with Crippen LogP contribution in [0.4, 0.5) is 26.3 Å². The van der Waals surface area contributed by atoms with Gasteiger partial charge in [-0.3, -0.25) is 0 Å². The van der Waals surface area contributed by atoms with Crippen molar-refractivity contribution in [1.82, 2.24) is 0 Å². The second-order valence-electron chi connectivity index (χ2n) is 4.65. The van der Waals surface area contributed by atoms with Gasteiger partial charge in [0.2, 0.25) is 0 Å². The Kier molecular flexibility index (Phi) is 5.38. The molecule has 0 aromatic heterocycles. The van der Waals surface area contributed by atoms with Crippen molar-refractivity contribution in [3.05, 3.63) is 84.4 Å². The number of hydrogen-bond acceptors (Lipinski definition) is 2. The molecule has 0 amide bonds. The standard InChI is InChI=1S/C16H10F6O2/c17-12(18)14(21)23-16(24-15(22)13(19)20)8-6-11(7-9-16)10-4-2-1-3-5-10/h1-9,11H. The Morgan fingerprint density at radius 3 is 1.62 bits per heavy atom. The SMILES string of the molecule is FC(F)=C(F)OC1(OC(F)=C(F)F)C=CC(c2ccccc2)C=C1. The summed E-state index contributed by atoms with van der Waals surface area (Å²) in [6.07, 6.45) is -1.29. The van der Waals surface area contributed by atoms with Gasteiger partial charge in [-0.1, -0.05) is 42.5 Å². The molecule has 0 radical (unpaired) electrons. The number of rotatable bonds is 5. The molecule has 2 rings (SSSR count). The van der Waals surface area contributed by atoms with Crippen molar-refractivity contribution >= 4 is 0 Å². The summed E-state index contributed by atoms with van der Waals surface area (Å²) in [6, 6.07) is 4.02. The molecule has 0 bridgehead atoms. The summed E-state index contributed by atoms with van der Waals surface area (Å²) in [5.74, 6) is -2.97. The number of ether oxygens (including phenoxy) is 2. The highest BCUT2D eigenvalue weighted by Crippen LogP contribution is 2.34. The van der Waals surface area contributed by atoms with Crippen LogP contribution in [0, 0.1) is 0 Å². The quantitative estimate of drug-likeness (QED) is 0.294. The number of halogens is 6. The van der Waals surface area contributed by atoms with Crippen molar-refractivity contribution in [1.29, 1.82) is 0 Å². The lowest BCUT2D eigenvalue weighted by atomic mass is 9.93. The van der Waals surface area contributed by atoms with Crippen LogP contribution in [0.2, 0.25) is 0 Å². The summed E-state index contributed by atoms with van der Waals surface area (Å²) in [5.41, 5.74) is 0.777. The summed E-state index contributed by atoms with van der Waals surface area (Å²) >= 11 is 0. The first-order valence-corrected chi connectivity index (χ1v) is 6.56. The van der Waals surface area contributed by atoms with Crippen molar-refractivity contribution in [2.45, 2.75) is 11.7 Å². The van der Waals surface area contributed by atoms with E-state index >= 15 is 0 Å².